The van der Waals surface area contributed by atoms with Gasteiger partial charge in [0.1, 0.15) is 0 Å². The lowest BCUT2D eigenvalue weighted by atomic mass is 10.1. The molecule has 16 heavy (non-hydrogen) atoms. The minimum Gasteiger partial charge on any atom is -0.479 e. The average Bonchev–Trinajstić information content (AvgIpc) is 2.29. The lowest BCUT2D eigenvalue weighted by molar-refractivity contribution is -0.146. The third kappa shape index (κ3) is 5.78. The Hall–Kier alpha value is -1.86. The van der Waals surface area contributed by atoms with E-state index in [0.29, 0.717) is 5.56 Å². The first-order chi connectivity index (χ1) is 7.49. The molecule has 0 aromatic heterocycles. The van der Waals surface area contributed by atoms with E-state index in [1.807, 2.05) is 19.9 Å². The Morgan fingerprint density at radius 3 is 2.06 bits per heavy atom. The van der Waals surface area contributed by atoms with Crippen molar-refractivity contribution in [2.24, 2.45) is 5.92 Å². The standard InChI is InChI=1S/C8H8O3.C4H7N/c9-7(8(10)11)6-4-2-1-3-5-6;1-4(2)3-5/h1-5,7,9H,(H,10,11);4H,1-2H3/t7-;/m0./s1. The van der Waals surface area contributed by atoms with Gasteiger partial charge in [0, 0.05) is 5.92 Å². The van der Waals surface area contributed by atoms with E-state index >= 15 is 0 Å². The summed E-state index contributed by atoms with van der Waals surface area (Å²) in [6.07, 6.45) is -1.41. The van der Waals surface area contributed by atoms with Crippen LogP contribution in [0.2, 0.25) is 0 Å². The number of carboxylic acids is 1. The van der Waals surface area contributed by atoms with E-state index in [1.165, 1.54) is 0 Å². The maximum Gasteiger partial charge on any atom is 0.337 e. The molecule has 0 saturated heterocycles. The number of benzene rings is 1. The normalized spacial score (nSPS) is 10.9. The third-order valence-electron chi connectivity index (χ3n) is 1.61. The quantitative estimate of drug-likeness (QED) is 0.800. The van der Waals surface area contributed by atoms with Gasteiger partial charge in [-0.15, -0.1) is 0 Å². The number of nitrogens with zero attached hydrogens (tertiary/aromatic N) is 1. The van der Waals surface area contributed by atoms with Crippen LogP contribution in [0.4, 0.5) is 0 Å². The molecule has 0 saturated carbocycles. The molecule has 0 radical (unpaired) electrons. The summed E-state index contributed by atoms with van der Waals surface area (Å²) in [5.74, 6) is -1.04. The van der Waals surface area contributed by atoms with E-state index in [-0.39, 0.29) is 5.92 Å². The van der Waals surface area contributed by atoms with Crippen LogP contribution in [0.3, 0.4) is 0 Å². The minimum absolute atomic E-state index is 0.190. The van der Waals surface area contributed by atoms with Crippen LogP contribution in [0.25, 0.3) is 0 Å². The number of hydrogen-bond donors (Lipinski definition) is 2. The first-order valence-electron chi connectivity index (χ1n) is 4.84. The van der Waals surface area contributed by atoms with Gasteiger partial charge in [0.05, 0.1) is 6.07 Å². The molecular formula is C12H15NO3. The fourth-order valence-electron chi connectivity index (χ4n) is 0.778. The van der Waals surface area contributed by atoms with Crippen molar-refractivity contribution in [1.82, 2.24) is 0 Å². The summed E-state index contributed by atoms with van der Waals surface area (Å²) in [4.78, 5) is 10.2. The van der Waals surface area contributed by atoms with Crippen LogP contribution in [0.1, 0.15) is 25.5 Å². The lowest BCUT2D eigenvalue weighted by Crippen LogP contribution is -2.09. The molecule has 2 N–H and O–H groups in total. The summed E-state index contributed by atoms with van der Waals surface area (Å²) in [5.41, 5.74) is 0.403. The van der Waals surface area contributed by atoms with Gasteiger partial charge in [-0.2, -0.15) is 5.26 Å². The Morgan fingerprint density at radius 2 is 1.75 bits per heavy atom. The summed E-state index contributed by atoms with van der Waals surface area (Å²) in [6, 6.07) is 10.3. The molecule has 1 rings (SSSR count). The molecule has 0 fully saturated rings. The first-order valence-corrected chi connectivity index (χ1v) is 4.84. The summed E-state index contributed by atoms with van der Waals surface area (Å²) in [5, 5.41) is 25.3. The molecule has 0 aliphatic carbocycles. The van der Waals surface area contributed by atoms with Gasteiger partial charge in [-0.25, -0.2) is 4.79 Å². The largest absolute Gasteiger partial charge is 0.479 e. The summed E-state index contributed by atoms with van der Waals surface area (Å²) >= 11 is 0. The number of aliphatic carboxylic acids is 1. The number of hydrogen-bond acceptors (Lipinski definition) is 3. The van der Waals surface area contributed by atoms with Gasteiger partial charge < -0.3 is 10.2 Å². The molecule has 0 heterocycles. The van der Waals surface area contributed by atoms with E-state index in [9.17, 15) is 4.79 Å². The molecule has 0 amide bonds. The second-order valence-electron chi connectivity index (χ2n) is 3.44. The van der Waals surface area contributed by atoms with Gasteiger partial charge in [-0.1, -0.05) is 30.3 Å². The van der Waals surface area contributed by atoms with Crippen molar-refractivity contribution >= 4 is 5.97 Å². The highest BCUT2D eigenvalue weighted by Crippen LogP contribution is 2.10. The van der Waals surface area contributed by atoms with Crippen LogP contribution in [0.15, 0.2) is 30.3 Å². The predicted molar refractivity (Wildman–Crippen MR) is 59.5 cm³/mol. The molecule has 4 heteroatoms. The number of nitriles is 1. The number of aliphatic hydroxyl groups excluding tert-OH is 1. The van der Waals surface area contributed by atoms with E-state index in [0.717, 1.165) is 0 Å². The van der Waals surface area contributed by atoms with Gasteiger partial charge in [-0.05, 0) is 19.4 Å². The lowest BCUT2D eigenvalue weighted by Gasteiger charge is -2.03. The minimum atomic E-state index is -1.41. The fourth-order valence-corrected chi connectivity index (χ4v) is 0.778. The van der Waals surface area contributed by atoms with E-state index in [4.69, 9.17) is 15.5 Å². The number of carboxylic acid groups (broad SMARTS) is 1. The van der Waals surface area contributed by atoms with E-state index in [1.54, 1.807) is 30.3 Å². The Kier molecular flexibility index (Phi) is 6.57. The van der Waals surface area contributed by atoms with Crippen LogP contribution < -0.4 is 0 Å². The average molecular weight is 221 g/mol. The van der Waals surface area contributed by atoms with Crippen LogP contribution in [0, 0.1) is 17.2 Å². The first kappa shape index (κ1) is 14.1. The molecule has 1 aromatic carbocycles. The van der Waals surface area contributed by atoms with Crippen molar-refractivity contribution in [3.05, 3.63) is 35.9 Å². The zero-order valence-corrected chi connectivity index (χ0v) is 9.29. The maximum atomic E-state index is 10.2. The highest BCUT2D eigenvalue weighted by molar-refractivity contribution is 5.73. The van der Waals surface area contributed by atoms with Gasteiger partial charge in [0.25, 0.3) is 0 Å². The number of carbonyl (C=O) groups is 1. The Balaban J connectivity index is 0.000000385. The molecular weight excluding hydrogens is 206 g/mol. The molecule has 0 aliphatic rings. The van der Waals surface area contributed by atoms with Gasteiger partial charge >= 0.3 is 5.97 Å². The molecule has 1 atom stereocenters. The van der Waals surface area contributed by atoms with E-state index in [2.05, 4.69) is 0 Å². The maximum absolute atomic E-state index is 10.2. The van der Waals surface area contributed by atoms with Crippen LogP contribution in [0.5, 0.6) is 0 Å². The van der Waals surface area contributed by atoms with Crippen molar-refractivity contribution in [1.29, 1.82) is 5.26 Å². The van der Waals surface area contributed by atoms with Gasteiger partial charge in [-0.3, -0.25) is 0 Å². The molecule has 0 aliphatic heterocycles. The van der Waals surface area contributed by atoms with Crippen molar-refractivity contribution in [3.63, 3.8) is 0 Å². The summed E-state index contributed by atoms with van der Waals surface area (Å²) in [6.45, 7) is 3.72. The SMILES string of the molecule is CC(C)C#N.O=C(O)[C@@H](O)c1ccccc1. The fraction of sp³-hybridized carbons (Fsp3) is 0.333. The van der Waals surface area contributed by atoms with Gasteiger partial charge in [0.2, 0.25) is 0 Å². The zero-order valence-electron chi connectivity index (χ0n) is 9.29. The highest BCUT2D eigenvalue weighted by atomic mass is 16.4. The topological polar surface area (TPSA) is 81.3 Å². The summed E-state index contributed by atoms with van der Waals surface area (Å²) < 4.78 is 0. The van der Waals surface area contributed by atoms with Crippen molar-refractivity contribution in [2.75, 3.05) is 0 Å². The second-order valence-corrected chi connectivity index (χ2v) is 3.44. The number of aliphatic hydroxyl groups is 1. The Labute approximate surface area is 94.8 Å². The monoisotopic (exact) mass is 221 g/mol. The molecule has 0 bridgehead atoms. The third-order valence-corrected chi connectivity index (χ3v) is 1.61. The summed E-state index contributed by atoms with van der Waals surface area (Å²) in [7, 11) is 0. The molecule has 0 unspecified atom stereocenters. The predicted octanol–water partition coefficient (Wildman–Crippen LogP) is 1.97. The van der Waals surface area contributed by atoms with Crippen molar-refractivity contribution in [3.8, 4) is 6.07 Å². The Bertz CT molecular complexity index is 354. The van der Waals surface area contributed by atoms with Crippen LogP contribution in [-0.4, -0.2) is 16.2 Å². The molecule has 1 aromatic rings. The molecule has 4 nitrogen and oxygen atoms in total. The van der Waals surface area contributed by atoms with Crippen LogP contribution in [-0.2, 0) is 4.79 Å². The second kappa shape index (κ2) is 7.43. The van der Waals surface area contributed by atoms with Crippen molar-refractivity contribution < 1.29 is 15.0 Å². The van der Waals surface area contributed by atoms with Crippen molar-refractivity contribution in [2.45, 2.75) is 20.0 Å². The van der Waals surface area contributed by atoms with Crippen LogP contribution >= 0.6 is 0 Å². The highest BCUT2D eigenvalue weighted by Gasteiger charge is 2.14. The molecule has 86 valence electrons. The smallest absolute Gasteiger partial charge is 0.337 e. The van der Waals surface area contributed by atoms with Gasteiger partial charge in [0.15, 0.2) is 6.10 Å². The van der Waals surface area contributed by atoms with E-state index < -0.39 is 12.1 Å². The molecule has 0 spiro atoms. The number of rotatable bonds is 2. The Morgan fingerprint density at radius 1 is 1.31 bits per heavy atom. The zero-order chi connectivity index (χ0) is 12.6.